The van der Waals surface area contributed by atoms with Crippen molar-refractivity contribution < 1.29 is 14.3 Å². The molecule has 1 atom stereocenters. The zero-order chi connectivity index (χ0) is 22.6. The number of nitrogens with zero attached hydrogens (tertiary/aromatic N) is 2. The van der Waals surface area contributed by atoms with Crippen molar-refractivity contribution in [1.82, 2.24) is 10.3 Å². The highest BCUT2D eigenvalue weighted by molar-refractivity contribution is 6.00. The van der Waals surface area contributed by atoms with Crippen LogP contribution in [0, 0.1) is 5.92 Å². The number of nitrogens with one attached hydrogen (secondary N) is 1. The van der Waals surface area contributed by atoms with E-state index in [2.05, 4.69) is 22.4 Å². The number of rotatable bonds is 7. The van der Waals surface area contributed by atoms with Gasteiger partial charge in [-0.3, -0.25) is 14.6 Å². The van der Waals surface area contributed by atoms with Crippen LogP contribution in [0.25, 0.3) is 0 Å². The molecule has 2 amide bonds. The zero-order valence-electron chi connectivity index (χ0n) is 18.5. The van der Waals surface area contributed by atoms with Crippen molar-refractivity contribution in [2.24, 2.45) is 5.92 Å². The van der Waals surface area contributed by atoms with Crippen LogP contribution >= 0.6 is 0 Å². The van der Waals surface area contributed by atoms with Crippen LogP contribution in [0.3, 0.4) is 0 Å². The smallest absolute Gasteiger partial charge is 0.227 e. The van der Waals surface area contributed by atoms with Gasteiger partial charge in [0, 0.05) is 43.2 Å². The first-order valence-corrected chi connectivity index (χ1v) is 11.5. The number of hydrogen-bond donors (Lipinski definition) is 1. The monoisotopic (exact) mass is 441 g/mol. The number of fused-ring (bicyclic) bond motifs is 1. The molecule has 1 N–H and O–H groups in total. The molecule has 33 heavy (non-hydrogen) atoms. The Morgan fingerprint density at radius 3 is 2.73 bits per heavy atom. The molecule has 0 saturated carbocycles. The molecule has 2 aromatic carbocycles. The SMILES string of the molecule is O=C(NCc1ccc(OCc2cccnc2)cc1)C1CC(=O)N(c2ccc3c(c2)CCC3)C1. The van der Waals surface area contributed by atoms with Crippen LogP contribution in [-0.2, 0) is 35.6 Å². The number of ether oxygens (including phenoxy) is 1. The van der Waals surface area contributed by atoms with Crippen LogP contribution in [0.2, 0.25) is 0 Å². The van der Waals surface area contributed by atoms with E-state index < -0.39 is 0 Å². The Labute approximate surface area is 193 Å². The van der Waals surface area contributed by atoms with Gasteiger partial charge in [0.25, 0.3) is 0 Å². The average molecular weight is 442 g/mol. The van der Waals surface area contributed by atoms with Crippen LogP contribution in [-0.4, -0.2) is 23.3 Å². The van der Waals surface area contributed by atoms with E-state index in [-0.39, 0.29) is 24.2 Å². The Balaban J connectivity index is 1.12. The summed E-state index contributed by atoms with van der Waals surface area (Å²) in [5, 5.41) is 2.99. The fraction of sp³-hybridized carbons (Fsp3) is 0.296. The van der Waals surface area contributed by atoms with Crippen LogP contribution < -0.4 is 15.0 Å². The van der Waals surface area contributed by atoms with Gasteiger partial charge >= 0.3 is 0 Å². The van der Waals surface area contributed by atoms with E-state index in [4.69, 9.17) is 4.74 Å². The third-order valence-electron chi connectivity index (χ3n) is 6.41. The maximum Gasteiger partial charge on any atom is 0.227 e. The summed E-state index contributed by atoms with van der Waals surface area (Å²) >= 11 is 0. The van der Waals surface area contributed by atoms with E-state index >= 15 is 0 Å². The van der Waals surface area contributed by atoms with Gasteiger partial charge in [-0.2, -0.15) is 0 Å². The molecule has 0 radical (unpaired) electrons. The molecular formula is C27H27N3O3. The topological polar surface area (TPSA) is 71.5 Å². The van der Waals surface area contributed by atoms with Gasteiger partial charge in [-0.05, 0) is 66.3 Å². The Kier molecular flexibility index (Phi) is 6.07. The van der Waals surface area contributed by atoms with Gasteiger partial charge in [0.05, 0.1) is 5.92 Å². The van der Waals surface area contributed by atoms with Crippen LogP contribution in [0.4, 0.5) is 5.69 Å². The second-order valence-electron chi connectivity index (χ2n) is 8.72. The fourth-order valence-electron chi connectivity index (χ4n) is 4.55. The van der Waals surface area contributed by atoms with Crippen molar-refractivity contribution in [3.8, 4) is 5.75 Å². The average Bonchev–Trinajstić information content (AvgIpc) is 3.48. The minimum atomic E-state index is -0.326. The molecule has 1 aliphatic heterocycles. The summed E-state index contributed by atoms with van der Waals surface area (Å²) in [4.78, 5) is 31.2. The highest BCUT2D eigenvalue weighted by Crippen LogP contribution is 2.30. The minimum absolute atomic E-state index is 0.0169. The summed E-state index contributed by atoms with van der Waals surface area (Å²) in [6.45, 7) is 1.32. The van der Waals surface area contributed by atoms with Crippen molar-refractivity contribution in [2.45, 2.75) is 38.8 Å². The van der Waals surface area contributed by atoms with E-state index in [1.54, 1.807) is 17.3 Å². The molecule has 0 spiro atoms. The standard InChI is InChI=1S/C27H27N3O3/c31-26-14-23(17-30(26)24-9-8-21-4-1-5-22(21)13-24)27(32)29-16-19-6-10-25(11-7-19)33-18-20-3-2-12-28-15-20/h2-3,6-13,15,23H,1,4-5,14,16-18H2,(H,29,32). The van der Waals surface area contributed by atoms with Gasteiger partial charge in [-0.15, -0.1) is 0 Å². The summed E-state index contributed by atoms with van der Waals surface area (Å²) in [6, 6.07) is 17.8. The Morgan fingerprint density at radius 2 is 1.91 bits per heavy atom. The van der Waals surface area contributed by atoms with E-state index in [1.807, 2.05) is 42.5 Å². The maximum atomic E-state index is 12.7. The number of amides is 2. The largest absolute Gasteiger partial charge is 0.489 e. The lowest BCUT2D eigenvalue weighted by Crippen LogP contribution is -2.32. The van der Waals surface area contributed by atoms with E-state index in [0.29, 0.717) is 19.7 Å². The minimum Gasteiger partial charge on any atom is -0.489 e. The Morgan fingerprint density at radius 1 is 1.06 bits per heavy atom. The normalized spacial score (nSPS) is 17.2. The number of anilines is 1. The molecule has 6 heteroatoms. The number of hydrogen-bond acceptors (Lipinski definition) is 4. The van der Waals surface area contributed by atoms with E-state index in [0.717, 1.165) is 35.4 Å². The summed E-state index contributed by atoms with van der Waals surface area (Å²) < 4.78 is 5.78. The molecule has 0 bridgehead atoms. The highest BCUT2D eigenvalue weighted by Gasteiger charge is 2.35. The number of pyridine rings is 1. The zero-order valence-corrected chi connectivity index (χ0v) is 18.5. The highest BCUT2D eigenvalue weighted by atomic mass is 16.5. The summed E-state index contributed by atoms with van der Waals surface area (Å²) in [5.74, 6) is 0.375. The van der Waals surface area contributed by atoms with Crippen molar-refractivity contribution in [1.29, 1.82) is 0 Å². The molecule has 1 unspecified atom stereocenters. The maximum absolute atomic E-state index is 12.7. The molecule has 5 rings (SSSR count). The Hall–Kier alpha value is -3.67. The van der Waals surface area contributed by atoms with Crippen molar-refractivity contribution in [3.63, 3.8) is 0 Å². The molecule has 1 fully saturated rings. The lowest BCUT2D eigenvalue weighted by Gasteiger charge is -2.18. The number of aryl methyl sites for hydroxylation is 2. The molecule has 2 heterocycles. The van der Waals surface area contributed by atoms with Crippen molar-refractivity contribution in [2.75, 3.05) is 11.4 Å². The molecule has 3 aromatic rings. The summed E-state index contributed by atoms with van der Waals surface area (Å²) in [5.41, 5.74) is 5.62. The van der Waals surface area contributed by atoms with Crippen LogP contribution in [0.5, 0.6) is 5.75 Å². The van der Waals surface area contributed by atoms with E-state index in [9.17, 15) is 9.59 Å². The first kappa shape index (κ1) is 21.2. The molecule has 1 aromatic heterocycles. The van der Waals surface area contributed by atoms with Gasteiger partial charge < -0.3 is 15.0 Å². The van der Waals surface area contributed by atoms with Gasteiger partial charge in [0.1, 0.15) is 12.4 Å². The molecule has 1 aliphatic carbocycles. The molecule has 2 aliphatic rings. The predicted molar refractivity (Wildman–Crippen MR) is 126 cm³/mol. The Bertz CT molecular complexity index is 1150. The third-order valence-corrected chi connectivity index (χ3v) is 6.41. The van der Waals surface area contributed by atoms with Gasteiger partial charge in [0.2, 0.25) is 11.8 Å². The number of aromatic nitrogens is 1. The van der Waals surface area contributed by atoms with Gasteiger partial charge in [0.15, 0.2) is 0 Å². The third kappa shape index (κ3) is 4.90. The second kappa shape index (κ2) is 9.45. The predicted octanol–water partition coefficient (Wildman–Crippen LogP) is 3.82. The molecule has 168 valence electrons. The number of carbonyl (C=O) groups is 2. The van der Waals surface area contributed by atoms with Gasteiger partial charge in [-0.1, -0.05) is 24.3 Å². The first-order chi connectivity index (χ1) is 16.2. The lowest BCUT2D eigenvalue weighted by atomic mass is 10.1. The van der Waals surface area contributed by atoms with Crippen molar-refractivity contribution >= 4 is 17.5 Å². The molecule has 6 nitrogen and oxygen atoms in total. The fourth-order valence-corrected chi connectivity index (χ4v) is 4.55. The first-order valence-electron chi connectivity index (χ1n) is 11.5. The van der Waals surface area contributed by atoms with E-state index in [1.165, 1.54) is 17.5 Å². The van der Waals surface area contributed by atoms with Crippen molar-refractivity contribution in [3.05, 3.63) is 89.2 Å². The number of benzene rings is 2. The molecular weight excluding hydrogens is 414 g/mol. The lowest BCUT2D eigenvalue weighted by molar-refractivity contribution is -0.126. The van der Waals surface area contributed by atoms with Crippen LogP contribution in [0.15, 0.2) is 67.0 Å². The summed E-state index contributed by atoms with van der Waals surface area (Å²) in [7, 11) is 0. The number of carbonyl (C=O) groups excluding carboxylic acids is 2. The quantitative estimate of drug-likeness (QED) is 0.605. The summed E-state index contributed by atoms with van der Waals surface area (Å²) in [6.07, 6.45) is 7.13. The van der Waals surface area contributed by atoms with Crippen LogP contribution in [0.1, 0.15) is 35.1 Å². The van der Waals surface area contributed by atoms with Gasteiger partial charge in [-0.25, -0.2) is 0 Å². The molecule has 1 saturated heterocycles. The second-order valence-corrected chi connectivity index (χ2v) is 8.72.